The molecular weight excluding hydrogens is 314 g/mol. The Labute approximate surface area is 149 Å². The van der Waals surface area contributed by atoms with Gasteiger partial charge in [-0.1, -0.05) is 25.1 Å². The first kappa shape index (κ1) is 16.4. The van der Waals surface area contributed by atoms with E-state index in [0.717, 1.165) is 51.7 Å². The highest BCUT2D eigenvalue weighted by Crippen LogP contribution is 2.40. The molecule has 134 valence electrons. The lowest BCUT2D eigenvalue weighted by Crippen LogP contribution is -2.72. The van der Waals surface area contributed by atoms with E-state index in [1.165, 1.54) is 5.69 Å². The van der Waals surface area contributed by atoms with Crippen molar-refractivity contribution in [3.05, 3.63) is 30.3 Å². The van der Waals surface area contributed by atoms with E-state index in [2.05, 4.69) is 24.0 Å². The highest BCUT2D eigenvalue weighted by molar-refractivity contribution is 6.00. The van der Waals surface area contributed by atoms with Crippen molar-refractivity contribution in [3.63, 3.8) is 0 Å². The van der Waals surface area contributed by atoms with E-state index in [-0.39, 0.29) is 17.9 Å². The standard InChI is InChI=1S/C20H27N3O2/c1-2-12-23-18(24)17-9-6-13-22(17)19(25)20(23)10-14-21(15-11-20)16-7-4-3-5-8-16/h3-5,7-8,17H,2,6,9-15H2,1H3. The average molecular weight is 341 g/mol. The van der Waals surface area contributed by atoms with Crippen molar-refractivity contribution in [2.45, 2.75) is 50.6 Å². The zero-order chi connectivity index (χ0) is 17.4. The van der Waals surface area contributed by atoms with Crippen LogP contribution in [-0.2, 0) is 9.59 Å². The summed E-state index contributed by atoms with van der Waals surface area (Å²) in [4.78, 5) is 32.6. The molecule has 0 aliphatic carbocycles. The molecule has 0 bridgehead atoms. The molecule has 3 aliphatic rings. The molecule has 0 aromatic heterocycles. The molecule has 1 aromatic rings. The number of hydrogen-bond donors (Lipinski definition) is 0. The Bertz CT molecular complexity index is 652. The fourth-order valence-corrected chi connectivity index (χ4v) is 4.85. The van der Waals surface area contributed by atoms with E-state index in [4.69, 9.17) is 0 Å². The molecule has 3 heterocycles. The first-order valence-electron chi connectivity index (χ1n) is 9.60. The van der Waals surface area contributed by atoms with Crippen molar-refractivity contribution in [1.29, 1.82) is 0 Å². The zero-order valence-corrected chi connectivity index (χ0v) is 15.0. The first-order chi connectivity index (χ1) is 12.2. The lowest BCUT2D eigenvalue weighted by molar-refractivity contribution is -0.170. The van der Waals surface area contributed by atoms with Crippen molar-refractivity contribution in [1.82, 2.24) is 9.80 Å². The quantitative estimate of drug-likeness (QED) is 0.847. The summed E-state index contributed by atoms with van der Waals surface area (Å²) in [5.74, 6) is 0.392. The van der Waals surface area contributed by atoms with Gasteiger partial charge in [0.1, 0.15) is 11.6 Å². The van der Waals surface area contributed by atoms with Gasteiger partial charge in [-0.15, -0.1) is 0 Å². The van der Waals surface area contributed by atoms with Gasteiger partial charge in [0.15, 0.2) is 0 Å². The number of fused-ring (bicyclic) bond motifs is 1. The Morgan fingerprint density at radius 1 is 1.08 bits per heavy atom. The van der Waals surface area contributed by atoms with Gasteiger partial charge in [-0.3, -0.25) is 9.59 Å². The SMILES string of the molecule is CCCN1C(=O)C2CCCN2C(=O)C12CCN(c1ccccc1)CC2. The lowest BCUT2D eigenvalue weighted by Gasteiger charge is -2.54. The van der Waals surface area contributed by atoms with Crippen LogP contribution in [0.25, 0.3) is 0 Å². The summed E-state index contributed by atoms with van der Waals surface area (Å²) in [6, 6.07) is 10.2. The van der Waals surface area contributed by atoms with Crippen LogP contribution in [0.4, 0.5) is 5.69 Å². The van der Waals surface area contributed by atoms with Crippen molar-refractivity contribution in [2.75, 3.05) is 31.1 Å². The summed E-state index contributed by atoms with van der Waals surface area (Å²) in [6.07, 6.45) is 4.15. The number of benzene rings is 1. The number of nitrogens with zero attached hydrogens (tertiary/aromatic N) is 3. The van der Waals surface area contributed by atoms with Gasteiger partial charge in [0, 0.05) is 31.9 Å². The lowest BCUT2D eigenvalue weighted by atomic mass is 9.81. The van der Waals surface area contributed by atoms with Crippen LogP contribution in [0, 0.1) is 0 Å². The van der Waals surface area contributed by atoms with Crippen LogP contribution >= 0.6 is 0 Å². The zero-order valence-electron chi connectivity index (χ0n) is 15.0. The second-order valence-corrected chi connectivity index (χ2v) is 7.50. The van der Waals surface area contributed by atoms with Gasteiger partial charge in [0.25, 0.3) is 0 Å². The topological polar surface area (TPSA) is 43.9 Å². The second kappa shape index (κ2) is 6.36. The summed E-state index contributed by atoms with van der Waals surface area (Å²) in [5, 5.41) is 0. The number of carbonyl (C=O) groups is 2. The predicted molar refractivity (Wildman–Crippen MR) is 97.4 cm³/mol. The third kappa shape index (κ3) is 2.52. The van der Waals surface area contributed by atoms with Gasteiger partial charge in [0.2, 0.25) is 11.8 Å². The molecule has 0 radical (unpaired) electrons. The second-order valence-electron chi connectivity index (χ2n) is 7.50. The van der Waals surface area contributed by atoms with E-state index in [1.54, 1.807) is 0 Å². The van der Waals surface area contributed by atoms with E-state index in [1.807, 2.05) is 28.0 Å². The number of hydrogen-bond acceptors (Lipinski definition) is 3. The Kier molecular flexibility index (Phi) is 4.18. The van der Waals surface area contributed by atoms with Crippen LogP contribution in [0.2, 0.25) is 0 Å². The van der Waals surface area contributed by atoms with Gasteiger partial charge < -0.3 is 14.7 Å². The Balaban J connectivity index is 1.60. The van der Waals surface area contributed by atoms with E-state index in [0.29, 0.717) is 6.54 Å². The number of anilines is 1. The molecule has 1 unspecified atom stereocenters. The number of piperidine rings is 1. The third-order valence-corrected chi connectivity index (χ3v) is 6.14. The van der Waals surface area contributed by atoms with Crippen molar-refractivity contribution in [2.24, 2.45) is 0 Å². The molecule has 0 N–H and O–H groups in total. The van der Waals surface area contributed by atoms with Crippen LogP contribution in [-0.4, -0.2) is 59.4 Å². The molecule has 5 heteroatoms. The average Bonchev–Trinajstić information content (AvgIpc) is 3.15. The Morgan fingerprint density at radius 2 is 1.80 bits per heavy atom. The molecular formula is C20H27N3O2. The van der Waals surface area contributed by atoms with Crippen LogP contribution in [0.3, 0.4) is 0 Å². The summed E-state index contributed by atoms with van der Waals surface area (Å²) in [6.45, 7) is 5.18. The highest BCUT2D eigenvalue weighted by Gasteiger charge is 2.57. The summed E-state index contributed by atoms with van der Waals surface area (Å²) >= 11 is 0. The van der Waals surface area contributed by atoms with Crippen LogP contribution < -0.4 is 4.90 Å². The molecule has 5 nitrogen and oxygen atoms in total. The van der Waals surface area contributed by atoms with Crippen molar-refractivity contribution in [3.8, 4) is 0 Å². The van der Waals surface area contributed by atoms with Gasteiger partial charge in [-0.25, -0.2) is 0 Å². The van der Waals surface area contributed by atoms with Gasteiger partial charge in [0.05, 0.1) is 0 Å². The minimum atomic E-state index is -0.612. The van der Waals surface area contributed by atoms with E-state index < -0.39 is 5.54 Å². The normalized spacial score (nSPS) is 25.6. The van der Waals surface area contributed by atoms with Crippen molar-refractivity contribution >= 4 is 17.5 Å². The van der Waals surface area contributed by atoms with E-state index >= 15 is 0 Å². The Morgan fingerprint density at radius 3 is 2.48 bits per heavy atom. The molecule has 2 amide bonds. The van der Waals surface area contributed by atoms with Crippen molar-refractivity contribution < 1.29 is 9.59 Å². The number of amides is 2. The molecule has 1 spiro atoms. The predicted octanol–water partition coefficient (Wildman–Crippen LogP) is 2.27. The molecule has 3 aliphatic heterocycles. The number of piperazine rings is 1. The molecule has 1 aromatic carbocycles. The fraction of sp³-hybridized carbons (Fsp3) is 0.600. The summed E-state index contributed by atoms with van der Waals surface area (Å²) in [5.41, 5.74) is 0.590. The van der Waals surface area contributed by atoms with Gasteiger partial charge in [-0.2, -0.15) is 0 Å². The van der Waals surface area contributed by atoms with Crippen LogP contribution in [0.1, 0.15) is 39.0 Å². The Hall–Kier alpha value is -2.04. The number of para-hydroxylation sites is 1. The minimum absolute atomic E-state index is 0.187. The fourth-order valence-electron chi connectivity index (χ4n) is 4.85. The highest BCUT2D eigenvalue weighted by atomic mass is 16.2. The third-order valence-electron chi connectivity index (χ3n) is 6.14. The maximum Gasteiger partial charge on any atom is 0.249 e. The molecule has 4 rings (SSSR count). The number of rotatable bonds is 3. The first-order valence-corrected chi connectivity index (χ1v) is 9.60. The monoisotopic (exact) mass is 341 g/mol. The van der Waals surface area contributed by atoms with E-state index in [9.17, 15) is 9.59 Å². The maximum absolute atomic E-state index is 13.4. The van der Waals surface area contributed by atoms with Crippen LogP contribution in [0.15, 0.2) is 30.3 Å². The number of carbonyl (C=O) groups excluding carboxylic acids is 2. The smallest absolute Gasteiger partial charge is 0.249 e. The maximum atomic E-state index is 13.4. The largest absolute Gasteiger partial charge is 0.371 e. The summed E-state index contributed by atoms with van der Waals surface area (Å²) in [7, 11) is 0. The molecule has 25 heavy (non-hydrogen) atoms. The molecule has 1 atom stereocenters. The minimum Gasteiger partial charge on any atom is -0.371 e. The molecule has 3 saturated heterocycles. The molecule has 0 saturated carbocycles. The van der Waals surface area contributed by atoms with Crippen LogP contribution in [0.5, 0.6) is 0 Å². The molecule has 3 fully saturated rings. The van der Waals surface area contributed by atoms with Gasteiger partial charge in [-0.05, 0) is 44.2 Å². The van der Waals surface area contributed by atoms with Gasteiger partial charge >= 0.3 is 0 Å². The summed E-state index contributed by atoms with van der Waals surface area (Å²) < 4.78 is 0.